The average Bonchev–Trinajstić information content (AvgIpc) is 2.30. The summed E-state index contributed by atoms with van der Waals surface area (Å²) in [5.74, 6) is 0.894. The van der Waals surface area contributed by atoms with E-state index in [4.69, 9.17) is 4.74 Å². The van der Waals surface area contributed by atoms with Gasteiger partial charge in [0, 0.05) is 3.57 Å². The molecule has 15 heavy (non-hydrogen) atoms. The van der Waals surface area contributed by atoms with Crippen molar-refractivity contribution in [3.8, 4) is 16.9 Å². The van der Waals surface area contributed by atoms with Gasteiger partial charge in [0.15, 0.2) is 0 Å². The first kappa shape index (κ1) is 10.5. The summed E-state index contributed by atoms with van der Waals surface area (Å²) in [5, 5.41) is 0. The zero-order valence-corrected chi connectivity index (χ0v) is 10.6. The van der Waals surface area contributed by atoms with E-state index in [0.717, 1.165) is 5.75 Å². The van der Waals surface area contributed by atoms with E-state index >= 15 is 0 Å². The van der Waals surface area contributed by atoms with E-state index in [1.54, 1.807) is 7.11 Å². The van der Waals surface area contributed by atoms with Gasteiger partial charge in [-0.2, -0.15) is 0 Å². The highest BCUT2D eigenvalue weighted by Crippen LogP contribution is 2.24. The molecule has 1 nitrogen and oxygen atoms in total. The fraction of sp³-hybridized carbons (Fsp3) is 0.0769. The Kier molecular flexibility index (Phi) is 3.26. The van der Waals surface area contributed by atoms with Crippen molar-refractivity contribution in [2.24, 2.45) is 0 Å². The van der Waals surface area contributed by atoms with E-state index in [9.17, 15) is 0 Å². The molecule has 2 heteroatoms. The number of benzene rings is 2. The van der Waals surface area contributed by atoms with Gasteiger partial charge in [0.2, 0.25) is 0 Å². The van der Waals surface area contributed by atoms with Crippen LogP contribution in [0.15, 0.2) is 48.5 Å². The van der Waals surface area contributed by atoms with Crippen LogP contribution in [0, 0.1) is 3.57 Å². The Morgan fingerprint density at radius 3 is 2.33 bits per heavy atom. The molecule has 0 aliphatic heterocycles. The summed E-state index contributed by atoms with van der Waals surface area (Å²) < 4.78 is 6.45. The maximum absolute atomic E-state index is 5.20. The SMILES string of the molecule is COc1cccc(-c2ccc(I)cc2)c1. The van der Waals surface area contributed by atoms with Gasteiger partial charge in [-0.1, -0.05) is 24.3 Å². The second-order valence-corrected chi connectivity index (χ2v) is 4.48. The van der Waals surface area contributed by atoms with Crippen molar-refractivity contribution in [2.75, 3.05) is 7.11 Å². The zero-order valence-electron chi connectivity index (χ0n) is 8.41. The molecular formula is C13H11IO. The number of halogens is 1. The van der Waals surface area contributed by atoms with Crippen LogP contribution in [0.4, 0.5) is 0 Å². The van der Waals surface area contributed by atoms with Gasteiger partial charge >= 0.3 is 0 Å². The minimum atomic E-state index is 0.894. The maximum atomic E-state index is 5.20. The van der Waals surface area contributed by atoms with Crippen LogP contribution in [-0.4, -0.2) is 7.11 Å². The van der Waals surface area contributed by atoms with E-state index in [1.165, 1.54) is 14.7 Å². The highest BCUT2D eigenvalue weighted by atomic mass is 127. The van der Waals surface area contributed by atoms with Crippen molar-refractivity contribution in [1.29, 1.82) is 0 Å². The second kappa shape index (κ2) is 4.66. The van der Waals surface area contributed by atoms with Crippen LogP contribution in [0.2, 0.25) is 0 Å². The number of hydrogen-bond acceptors (Lipinski definition) is 1. The summed E-state index contributed by atoms with van der Waals surface area (Å²) in [5.41, 5.74) is 2.40. The molecule has 0 saturated carbocycles. The maximum Gasteiger partial charge on any atom is 0.119 e. The molecule has 0 heterocycles. The molecule has 0 N–H and O–H groups in total. The third kappa shape index (κ3) is 2.50. The van der Waals surface area contributed by atoms with Crippen LogP contribution in [0.5, 0.6) is 5.75 Å². The highest BCUT2D eigenvalue weighted by molar-refractivity contribution is 14.1. The fourth-order valence-corrected chi connectivity index (χ4v) is 1.80. The summed E-state index contributed by atoms with van der Waals surface area (Å²) in [6.45, 7) is 0. The van der Waals surface area contributed by atoms with Crippen molar-refractivity contribution < 1.29 is 4.74 Å². The lowest BCUT2D eigenvalue weighted by atomic mass is 10.1. The van der Waals surface area contributed by atoms with Crippen LogP contribution < -0.4 is 4.74 Å². The van der Waals surface area contributed by atoms with Gasteiger partial charge < -0.3 is 4.74 Å². The molecule has 0 saturated heterocycles. The molecule has 0 fully saturated rings. The Bertz CT molecular complexity index is 448. The molecule has 0 spiro atoms. The molecule has 0 aliphatic rings. The first-order valence-electron chi connectivity index (χ1n) is 4.69. The normalized spacial score (nSPS) is 10.0. The third-order valence-corrected chi connectivity index (χ3v) is 2.97. The molecule has 76 valence electrons. The molecular weight excluding hydrogens is 299 g/mol. The molecule has 0 aliphatic carbocycles. The van der Waals surface area contributed by atoms with Crippen LogP contribution in [0.25, 0.3) is 11.1 Å². The number of methoxy groups -OCH3 is 1. The van der Waals surface area contributed by atoms with Crippen molar-refractivity contribution in [3.05, 3.63) is 52.1 Å². The van der Waals surface area contributed by atoms with E-state index in [2.05, 4.69) is 52.9 Å². The standard InChI is InChI=1S/C13H11IO/c1-15-13-4-2-3-11(9-13)10-5-7-12(14)8-6-10/h2-9H,1H3. The molecule has 2 aromatic carbocycles. The van der Waals surface area contributed by atoms with Gasteiger partial charge in [-0.25, -0.2) is 0 Å². The van der Waals surface area contributed by atoms with Gasteiger partial charge in [-0.3, -0.25) is 0 Å². The van der Waals surface area contributed by atoms with E-state index in [-0.39, 0.29) is 0 Å². The predicted molar refractivity (Wildman–Crippen MR) is 71.1 cm³/mol. The molecule has 0 unspecified atom stereocenters. The monoisotopic (exact) mass is 310 g/mol. The summed E-state index contributed by atoms with van der Waals surface area (Å²) >= 11 is 2.31. The molecule has 0 radical (unpaired) electrons. The first-order chi connectivity index (χ1) is 7.29. The Labute approximate surface area is 103 Å². The zero-order chi connectivity index (χ0) is 10.7. The van der Waals surface area contributed by atoms with Gasteiger partial charge in [0.25, 0.3) is 0 Å². The topological polar surface area (TPSA) is 9.23 Å². The second-order valence-electron chi connectivity index (χ2n) is 3.24. The van der Waals surface area contributed by atoms with Crippen molar-refractivity contribution in [3.63, 3.8) is 0 Å². The molecule has 0 aromatic heterocycles. The van der Waals surface area contributed by atoms with Gasteiger partial charge in [0.1, 0.15) is 5.75 Å². The third-order valence-electron chi connectivity index (χ3n) is 2.25. The first-order valence-corrected chi connectivity index (χ1v) is 5.77. The molecule has 2 rings (SSSR count). The smallest absolute Gasteiger partial charge is 0.119 e. The molecule has 0 atom stereocenters. The summed E-state index contributed by atoms with van der Waals surface area (Å²) in [7, 11) is 1.69. The van der Waals surface area contributed by atoms with Gasteiger partial charge in [-0.15, -0.1) is 0 Å². The van der Waals surface area contributed by atoms with Gasteiger partial charge in [-0.05, 0) is 58.0 Å². The summed E-state index contributed by atoms with van der Waals surface area (Å²) in [6, 6.07) is 16.5. The highest BCUT2D eigenvalue weighted by Gasteiger charge is 1.98. The quantitative estimate of drug-likeness (QED) is 0.763. The Balaban J connectivity index is 2.40. The number of hydrogen-bond donors (Lipinski definition) is 0. The lowest BCUT2D eigenvalue weighted by molar-refractivity contribution is 0.415. The predicted octanol–water partition coefficient (Wildman–Crippen LogP) is 3.97. The Morgan fingerprint density at radius 2 is 1.67 bits per heavy atom. The minimum absolute atomic E-state index is 0.894. The number of ether oxygens (including phenoxy) is 1. The van der Waals surface area contributed by atoms with Crippen molar-refractivity contribution >= 4 is 22.6 Å². The Hall–Kier alpha value is -1.03. The molecule has 0 bridgehead atoms. The van der Waals surface area contributed by atoms with Crippen LogP contribution >= 0.6 is 22.6 Å². The van der Waals surface area contributed by atoms with Crippen LogP contribution in [-0.2, 0) is 0 Å². The van der Waals surface area contributed by atoms with Gasteiger partial charge in [0.05, 0.1) is 7.11 Å². The lowest BCUT2D eigenvalue weighted by Crippen LogP contribution is -1.83. The molecule has 0 amide bonds. The summed E-state index contributed by atoms with van der Waals surface area (Å²) in [6.07, 6.45) is 0. The Morgan fingerprint density at radius 1 is 0.933 bits per heavy atom. The van der Waals surface area contributed by atoms with Crippen LogP contribution in [0.3, 0.4) is 0 Å². The average molecular weight is 310 g/mol. The largest absolute Gasteiger partial charge is 0.497 e. The van der Waals surface area contributed by atoms with Crippen LogP contribution in [0.1, 0.15) is 0 Å². The fourth-order valence-electron chi connectivity index (χ4n) is 1.44. The lowest BCUT2D eigenvalue weighted by Gasteiger charge is -2.04. The van der Waals surface area contributed by atoms with E-state index in [0.29, 0.717) is 0 Å². The minimum Gasteiger partial charge on any atom is -0.497 e. The number of rotatable bonds is 2. The summed E-state index contributed by atoms with van der Waals surface area (Å²) in [4.78, 5) is 0. The molecule has 2 aromatic rings. The van der Waals surface area contributed by atoms with E-state index in [1.807, 2.05) is 18.2 Å². The van der Waals surface area contributed by atoms with Crippen molar-refractivity contribution in [2.45, 2.75) is 0 Å². The van der Waals surface area contributed by atoms with Crippen molar-refractivity contribution in [1.82, 2.24) is 0 Å². The van der Waals surface area contributed by atoms with E-state index < -0.39 is 0 Å².